The quantitative estimate of drug-likeness (QED) is 0.354. The Kier molecular flexibility index (Phi) is 4.54. The molecule has 0 amide bonds. The third kappa shape index (κ3) is 3.13. The molecule has 0 spiro atoms. The van der Waals surface area contributed by atoms with Gasteiger partial charge in [-0.25, -0.2) is 4.79 Å². The van der Waals surface area contributed by atoms with E-state index in [1.54, 1.807) is 13.8 Å². The minimum absolute atomic E-state index is 0.203. The second kappa shape index (κ2) is 6.25. The lowest BCUT2D eigenvalue weighted by Crippen LogP contribution is -2.44. The Bertz CT molecular complexity index is 636. The molecule has 3 rings (SSSR count). The molecule has 0 radical (unpaired) electrons. The van der Waals surface area contributed by atoms with E-state index in [2.05, 4.69) is 6.58 Å². The highest BCUT2D eigenvalue weighted by Crippen LogP contribution is 2.50. The monoisotopic (exact) mass is 350 g/mol. The maximum Gasteiger partial charge on any atom is 0.334 e. The summed E-state index contributed by atoms with van der Waals surface area (Å²) >= 11 is 0. The molecule has 0 aromatic carbocycles. The summed E-state index contributed by atoms with van der Waals surface area (Å²) < 4.78 is 16.8. The minimum Gasteiger partial charge on any atom is -0.455 e. The van der Waals surface area contributed by atoms with Gasteiger partial charge in [0, 0.05) is 5.57 Å². The van der Waals surface area contributed by atoms with E-state index in [0.29, 0.717) is 0 Å². The molecule has 25 heavy (non-hydrogen) atoms. The van der Waals surface area contributed by atoms with Gasteiger partial charge in [-0.15, -0.1) is 0 Å². The van der Waals surface area contributed by atoms with E-state index in [-0.39, 0.29) is 23.2 Å². The molecule has 0 bridgehead atoms. The highest BCUT2D eigenvalue weighted by atomic mass is 16.6. The van der Waals surface area contributed by atoms with E-state index in [1.807, 2.05) is 19.9 Å². The number of epoxide rings is 1. The number of carbonyl (C=O) groups is 2. The van der Waals surface area contributed by atoms with E-state index in [4.69, 9.17) is 14.2 Å². The summed E-state index contributed by atoms with van der Waals surface area (Å²) in [5.74, 6) is -1.90. The van der Waals surface area contributed by atoms with E-state index < -0.39 is 36.2 Å². The van der Waals surface area contributed by atoms with Gasteiger partial charge in [0.05, 0.1) is 17.4 Å². The van der Waals surface area contributed by atoms with Gasteiger partial charge in [0.2, 0.25) is 0 Å². The zero-order valence-corrected chi connectivity index (χ0v) is 15.2. The molecule has 2 saturated heterocycles. The highest BCUT2D eigenvalue weighted by molar-refractivity contribution is 5.91. The number of fused-ring (bicyclic) bond motifs is 3. The van der Waals surface area contributed by atoms with Gasteiger partial charge in [0.15, 0.2) is 0 Å². The van der Waals surface area contributed by atoms with Crippen LogP contribution in [0.15, 0.2) is 23.8 Å². The van der Waals surface area contributed by atoms with Crippen molar-refractivity contribution in [2.75, 3.05) is 0 Å². The smallest absolute Gasteiger partial charge is 0.334 e. The Labute approximate surface area is 147 Å². The van der Waals surface area contributed by atoms with Crippen molar-refractivity contribution in [2.45, 2.75) is 70.6 Å². The molecule has 3 aliphatic rings. The number of rotatable bonds is 2. The number of carbonyl (C=O) groups excluding carboxylic acids is 2. The summed E-state index contributed by atoms with van der Waals surface area (Å²) in [6, 6.07) is 0. The first-order chi connectivity index (χ1) is 11.7. The lowest BCUT2D eigenvalue weighted by molar-refractivity contribution is -0.159. The zero-order valence-electron chi connectivity index (χ0n) is 15.2. The van der Waals surface area contributed by atoms with Crippen LogP contribution in [0.4, 0.5) is 0 Å². The molecule has 0 saturated carbocycles. The number of hydrogen-bond donors (Lipinski definition) is 1. The number of hydrogen-bond acceptors (Lipinski definition) is 6. The largest absolute Gasteiger partial charge is 0.455 e. The number of esters is 2. The second-order valence-corrected chi connectivity index (χ2v) is 7.76. The SMILES string of the molecule is C=C1C(=O)OC2C1C(O)C(OC(=O)C(C)C)C(C)=CCCC1(C)OC21. The Hall–Kier alpha value is -1.66. The number of allylic oxidation sites excluding steroid dienone is 1. The van der Waals surface area contributed by atoms with Crippen molar-refractivity contribution in [2.24, 2.45) is 11.8 Å². The first-order valence-corrected chi connectivity index (χ1v) is 8.78. The van der Waals surface area contributed by atoms with Crippen LogP contribution in [0.2, 0.25) is 0 Å². The summed E-state index contributed by atoms with van der Waals surface area (Å²) in [5.41, 5.74) is 0.593. The lowest BCUT2D eigenvalue weighted by Gasteiger charge is -2.31. The maximum absolute atomic E-state index is 12.1. The molecule has 0 aromatic rings. The van der Waals surface area contributed by atoms with Crippen LogP contribution in [0, 0.1) is 11.8 Å². The van der Waals surface area contributed by atoms with Crippen LogP contribution in [0.5, 0.6) is 0 Å². The summed E-state index contributed by atoms with van der Waals surface area (Å²) in [7, 11) is 0. The van der Waals surface area contributed by atoms with Crippen LogP contribution in [0.1, 0.15) is 40.5 Å². The molecule has 2 heterocycles. The zero-order chi connectivity index (χ0) is 18.5. The average molecular weight is 350 g/mol. The van der Waals surface area contributed by atoms with Gasteiger partial charge in [0.1, 0.15) is 24.4 Å². The summed E-state index contributed by atoms with van der Waals surface area (Å²) in [4.78, 5) is 24.2. The Morgan fingerprint density at radius 1 is 1.48 bits per heavy atom. The molecule has 6 nitrogen and oxygen atoms in total. The minimum atomic E-state index is -1.12. The van der Waals surface area contributed by atoms with Crippen molar-refractivity contribution in [1.82, 2.24) is 0 Å². The molecule has 0 aromatic heterocycles. The Morgan fingerprint density at radius 2 is 2.16 bits per heavy atom. The number of aliphatic hydroxyl groups is 1. The van der Waals surface area contributed by atoms with Crippen LogP contribution >= 0.6 is 0 Å². The average Bonchev–Trinajstić information content (AvgIpc) is 3.11. The molecule has 138 valence electrons. The van der Waals surface area contributed by atoms with Crippen molar-refractivity contribution in [1.29, 1.82) is 0 Å². The van der Waals surface area contributed by atoms with Crippen molar-refractivity contribution in [3.8, 4) is 0 Å². The van der Waals surface area contributed by atoms with Crippen LogP contribution in [0.3, 0.4) is 0 Å². The van der Waals surface area contributed by atoms with Gasteiger partial charge in [-0.2, -0.15) is 0 Å². The normalized spacial score (nSPS) is 40.7. The fraction of sp³-hybridized carbons (Fsp3) is 0.684. The summed E-state index contributed by atoms with van der Waals surface area (Å²) in [6.07, 6.45) is 0.629. The van der Waals surface area contributed by atoms with Gasteiger partial charge in [-0.1, -0.05) is 26.5 Å². The third-order valence-corrected chi connectivity index (χ3v) is 5.45. The molecule has 1 N–H and O–H groups in total. The standard InChI is InChI=1S/C19H26O6/c1-9(2)17(21)23-14-10(3)7-6-8-19(5)16(25-19)15-12(13(14)20)11(4)18(22)24-15/h7,9,12-16,20H,4,6,8H2,1-3,5H3. The lowest BCUT2D eigenvalue weighted by atomic mass is 9.81. The van der Waals surface area contributed by atoms with E-state index in [1.165, 1.54) is 0 Å². The molecule has 2 aliphatic heterocycles. The van der Waals surface area contributed by atoms with Crippen molar-refractivity contribution in [3.05, 3.63) is 23.8 Å². The third-order valence-electron chi connectivity index (χ3n) is 5.45. The topological polar surface area (TPSA) is 85.4 Å². The van der Waals surface area contributed by atoms with Crippen molar-refractivity contribution in [3.63, 3.8) is 0 Å². The molecule has 6 heteroatoms. The van der Waals surface area contributed by atoms with Gasteiger partial charge in [-0.05, 0) is 32.3 Å². The van der Waals surface area contributed by atoms with Crippen LogP contribution < -0.4 is 0 Å². The van der Waals surface area contributed by atoms with Crippen LogP contribution in [-0.4, -0.2) is 47.1 Å². The predicted octanol–water partition coefficient (Wildman–Crippen LogP) is 1.91. The Morgan fingerprint density at radius 3 is 2.80 bits per heavy atom. The van der Waals surface area contributed by atoms with Gasteiger partial charge in [-0.3, -0.25) is 4.79 Å². The summed E-state index contributed by atoms with van der Waals surface area (Å²) in [6.45, 7) is 11.1. The van der Waals surface area contributed by atoms with Crippen LogP contribution in [0.25, 0.3) is 0 Å². The fourth-order valence-corrected chi connectivity index (χ4v) is 3.71. The van der Waals surface area contributed by atoms with Crippen molar-refractivity contribution >= 4 is 11.9 Å². The van der Waals surface area contributed by atoms with Crippen molar-refractivity contribution < 1.29 is 28.9 Å². The van der Waals surface area contributed by atoms with E-state index in [9.17, 15) is 14.7 Å². The van der Waals surface area contributed by atoms with Gasteiger partial charge in [0.25, 0.3) is 0 Å². The first kappa shape index (κ1) is 18.1. The van der Waals surface area contributed by atoms with E-state index >= 15 is 0 Å². The molecule has 1 aliphatic carbocycles. The first-order valence-electron chi connectivity index (χ1n) is 8.78. The maximum atomic E-state index is 12.1. The van der Waals surface area contributed by atoms with Crippen LogP contribution in [-0.2, 0) is 23.8 Å². The highest BCUT2D eigenvalue weighted by Gasteiger charge is 2.63. The molecule has 6 unspecified atom stereocenters. The molecule has 6 atom stereocenters. The predicted molar refractivity (Wildman–Crippen MR) is 89.5 cm³/mol. The molecular weight excluding hydrogens is 324 g/mol. The van der Waals surface area contributed by atoms with Gasteiger partial charge < -0.3 is 19.3 Å². The number of aliphatic hydroxyl groups excluding tert-OH is 1. The summed E-state index contributed by atoms with van der Waals surface area (Å²) in [5, 5.41) is 11.0. The second-order valence-electron chi connectivity index (χ2n) is 7.76. The molecular formula is C19H26O6. The Balaban J connectivity index is 1.95. The number of ether oxygens (including phenoxy) is 3. The fourth-order valence-electron chi connectivity index (χ4n) is 3.71. The van der Waals surface area contributed by atoms with E-state index in [0.717, 1.165) is 18.4 Å². The molecule has 2 fully saturated rings. The van der Waals surface area contributed by atoms with Gasteiger partial charge >= 0.3 is 11.9 Å².